The molecule has 0 radical (unpaired) electrons. The van der Waals surface area contributed by atoms with E-state index in [0.29, 0.717) is 6.61 Å². The summed E-state index contributed by atoms with van der Waals surface area (Å²) in [6.45, 7) is 6.04. The van der Waals surface area contributed by atoms with Crippen molar-refractivity contribution in [3.8, 4) is 0 Å². The fourth-order valence-electron chi connectivity index (χ4n) is 1.68. The zero-order chi connectivity index (χ0) is 11.3. The third-order valence-corrected chi connectivity index (χ3v) is 2.51. The number of hydrogen-bond donors (Lipinski definition) is 0. The summed E-state index contributed by atoms with van der Waals surface area (Å²) in [5.41, 5.74) is -1.14. The van der Waals surface area contributed by atoms with E-state index >= 15 is 0 Å². The third-order valence-electron chi connectivity index (χ3n) is 2.51. The van der Waals surface area contributed by atoms with Crippen LogP contribution in [0.1, 0.15) is 19.8 Å². The van der Waals surface area contributed by atoms with Crippen molar-refractivity contribution < 1.29 is 19.1 Å². The van der Waals surface area contributed by atoms with Crippen molar-refractivity contribution >= 4 is 11.8 Å². The normalized spacial score (nSPS) is 26.1. The van der Waals surface area contributed by atoms with Gasteiger partial charge in [0.25, 0.3) is 0 Å². The van der Waals surface area contributed by atoms with E-state index in [1.54, 1.807) is 13.0 Å². The quantitative estimate of drug-likeness (QED) is 0.398. The van der Waals surface area contributed by atoms with E-state index in [1.807, 2.05) is 0 Å². The predicted octanol–water partition coefficient (Wildman–Crippen LogP) is 1.10. The number of rotatable bonds is 4. The lowest BCUT2D eigenvalue weighted by molar-refractivity contribution is -0.168. The summed E-state index contributed by atoms with van der Waals surface area (Å²) in [5, 5.41) is 0. The van der Waals surface area contributed by atoms with Crippen molar-refractivity contribution in [1.82, 2.24) is 0 Å². The Kier molecular flexibility index (Phi) is 4.03. The number of carbonyl (C=O) groups excluding carboxylic acids is 2. The van der Waals surface area contributed by atoms with Crippen LogP contribution in [0.15, 0.2) is 12.7 Å². The van der Waals surface area contributed by atoms with E-state index in [2.05, 4.69) is 6.58 Å². The first kappa shape index (κ1) is 11.9. The topological polar surface area (TPSA) is 52.6 Å². The summed E-state index contributed by atoms with van der Waals surface area (Å²) < 4.78 is 10.1. The van der Waals surface area contributed by atoms with Crippen molar-refractivity contribution in [2.24, 2.45) is 5.41 Å². The van der Waals surface area contributed by atoms with Gasteiger partial charge in [-0.05, 0) is 13.3 Å². The van der Waals surface area contributed by atoms with Crippen LogP contribution in [0.3, 0.4) is 0 Å². The zero-order valence-corrected chi connectivity index (χ0v) is 8.95. The molecule has 1 aliphatic rings. The van der Waals surface area contributed by atoms with Gasteiger partial charge in [-0.25, -0.2) is 0 Å². The molecular formula is C11H16O4. The van der Waals surface area contributed by atoms with E-state index in [0.717, 1.165) is 0 Å². The third kappa shape index (κ3) is 2.26. The lowest BCUT2D eigenvalue weighted by Gasteiger charge is -2.32. The van der Waals surface area contributed by atoms with Gasteiger partial charge < -0.3 is 9.47 Å². The Morgan fingerprint density at radius 2 is 2.47 bits per heavy atom. The van der Waals surface area contributed by atoms with E-state index in [4.69, 9.17) is 9.47 Å². The monoisotopic (exact) mass is 212 g/mol. The molecule has 1 unspecified atom stereocenters. The molecular weight excluding hydrogens is 196 g/mol. The van der Waals surface area contributed by atoms with E-state index < -0.39 is 11.4 Å². The largest absolute Gasteiger partial charge is 0.465 e. The Morgan fingerprint density at radius 3 is 3.00 bits per heavy atom. The van der Waals surface area contributed by atoms with Crippen LogP contribution >= 0.6 is 0 Å². The standard InChI is InChI=1S/C11H16O4/c1-3-6-11(10(13)15-4-2)8-14-7-5-9(11)12/h3H,1,4-8H2,2H3. The average molecular weight is 212 g/mol. The smallest absolute Gasteiger partial charge is 0.322 e. The van der Waals surface area contributed by atoms with Crippen LogP contribution in [0.4, 0.5) is 0 Å². The number of Topliss-reactive ketones (excluding diaryl/α,β-unsaturated/α-hetero) is 1. The Morgan fingerprint density at radius 1 is 1.73 bits per heavy atom. The second-order valence-corrected chi connectivity index (χ2v) is 3.52. The highest BCUT2D eigenvalue weighted by molar-refractivity contribution is 6.04. The van der Waals surface area contributed by atoms with Gasteiger partial charge in [0.1, 0.15) is 0 Å². The number of ketones is 1. The molecule has 0 spiro atoms. The van der Waals surface area contributed by atoms with Crippen LogP contribution in [0.25, 0.3) is 0 Å². The molecule has 1 saturated heterocycles. The number of allylic oxidation sites excluding steroid dienone is 1. The summed E-state index contributed by atoms with van der Waals surface area (Å²) in [7, 11) is 0. The van der Waals surface area contributed by atoms with Gasteiger partial charge in [-0.2, -0.15) is 0 Å². The van der Waals surface area contributed by atoms with Gasteiger partial charge in [-0.15, -0.1) is 6.58 Å². The van der Waals surface area contributed by atoms with Crippen LogP contribution in [-0.4, -0.2) is 31.6 Å². The molecule has 4 nitrogen and oxygen atoms in total. The maximum Gasteiger partial charge on any atom is 0.322 e. The first-order valence-corrected chi connectivity index (χ1v) is 5.06. The molecule has 0 aromatic rings. The molecule has 0 aromatic heterocycles. The lowest BCUT2D eigenvalue weighted by atomic mass is 9.78. The fraction of sp³-hybridized carbons (Fsp3) is 0.636. The second-order valence-electron chi connectivity index (χ2n) is 3.52. The lowest BCUT2D eigenvalue weighted by Crippen LogP contribution is -2.47. The van der Waals surface area contributed by atoms with E-state index in [-0.39, 0.29) is 31.8 Å². The van der Waals surface area contributed by atoms with Gasteiger partial charge in [0.05, 0.1) is 19.8 Å². The van der Waals surface area contributed by atoms with Gasteiger partial charge in [0, 0.05) is 6.42 Å². The van der Waals surface area contributed by atoms with Crippen molar-refractivity contribution in [3.05, 3.63) is 12.7 Å². The van der Waals surface area contributed by atoms with E-state index in [1.165, 1.54) is 0 Å². The number of hydrogen-bond acceptors (Lipinski definition) is 4. The number of esters is 1. The Hall–Kier alpha value is -1.16. The summed E-state index contributed by atoms with van der Waals surface area (Å²) in [5.74, 6) is -0.596. The number of carbonyl (C=O) groups is 2. The molecule has 0 amide bonds. The highest BCUT2D eigenvalue weighted by Crippen LogP contribution is 2.31. The molecule has 1 heterocycles. The zero-order valence-electron chi connectivity index (χ0n) is 8.95. The van der Waals surface area contributed by atoms with Gasteiger partial charge in [-0.1, -0.05) is 6.08 Å². The molecule has 0 N–H and O–H groups in total. The summed E-state index contributed by atoms with van der Waals surface area (Å²) >= 11 is 0. The molecule has 1 rings (SSSR count). The maximum absolute atomic E-state index is 11.8. The Balaban J connectivity index is 2.89. The first-order valence-electron chi connectivity index (χ1n) is 5.06. The van der Waals surface area contributed by atoms with Crippen LogP contribution in [-0.2, 0) is 19.1 Å². The van der Waals surface area contributed by atoms with Crippen molar-refractivity contribution in [2.45, 2.75) is 19.8 Å². The summed E-state index contributed by atoms with van der Waals surface area (Å²) in [6.07, 6.45) is 2.11. The molecule has 4 heteroatoms. The highest BCUT2D eigenvalue weighted by atomic mass is 16.5. The second kappa shape index (κ2) is 5.07. The van der Waals surface area contributed by atoms with Gasteiger partial charge in [-0.3, -0.25) is 9.59 Å². The minimum atomic E-state index is -1.14. The van der Waals surface area contributed by atoms with E-state index in [9.17, 15) is 9.59 Å². The SMILES string of the molecule is C=CCC1(C(=O)OCC)COCCC1=O. The van der Waals surface area contributed by atoms with Crippen molar-refractivity contribution in [3.63, 3.8) is 0 Å². The van der Waals surface area contributed by atoms with Crippen LogP contribution < -0.4 is 0 Å². The molecule has 0 saturated carbocycles. The minimum Gasteiger partial charge on any atom is -0.465 e. The van der Waals surface area contributed by atoms with Crippen molar-refractivity contribution in [1.29, 1.82) is 0 Å². The van der Waals surface area contributed by atoms with Crippen molar-refractivity contribution in [2.75, 3.05) is 19.8 Å². The first-order chi connectivity index (χ1) is 7.17. The van der Waals surface area contributed by atoms with Crippen LogP contribution in [0.5, 0.6) is 0 Å². The van der Waals surface area contributed by atoms with Crippen LogP contribution in [0, 0.1) is 5.41 Å². The number of ether oxygens (including phenoxy) is 2. The molecule has 0 aromatic carbocycles. The fourth-order valence-corrected chi connectivity index (χ4v) is 1.68. The maximum atomic E-state index is 11.8. The summed E-state index contributed by atoms with van der Waals surface area (Å²) in [4.78, 5) is 23.5. The van der Waals surface area contributed by atoms with Gasteiger partial charge >= 0.3 is 5.97 Å². The molecule has 0 bridgehead atoms. The summed E-state index contributed by atoms with van der Waals surface area (Å²) in [6, 6.07) is 0. The molecule has 15 heavy (non-hydrogen) atoms. The van der Waals surface area contributed by atoms with Gasteiger partial charge in [0.15, 0.2) is 11.2 Å². The predicted molar refractivity (Wildman–Crippen MR) is 54.3 cm³/mol. The minimum absolute atomic E-state index is 0.105. The molecule has 1 aliphatic heterocycles. The Labute approximate surface area is 89.2 Å². The molecule has 0 aliphatic carbocycles. The highest BCUT2D eigenvalue weighted by Gasteiger charge is 2.47. The average Bonchev–Trinajstić information content (AvgIpc) is 2.22. The molecule has 1 atom stereocenters. The Bertz CT molecular complexity index is 272. The van der Waals surface area contributed by atoms with Gasteiger partial charge in [0.2, 0.25) is 0 Å². The van der Waals surface area contributed by atoms with Crippen LogP contribution in [0.2, 0.25) is 0 Å². The molecule has 1 fully saturated rings. The molecule has 84 valence electrons.